The van der Waals surface area contributed by atoms with E-state index < -0.39 is 6.10 Å². The fraction of sp³-hybridized carbons (Fsp3) is 0.179. The molecule has 4 aromatic rings. The Morgan fingerprint density at radius 3 is 2.34 bits per heavy atom. The van der Waals surface area contributed by atoms with E-state index in [1.807, 2.05) is 48.5 Å². The van der Waals surface area contributed by atoms with Crippen molar-refractivity contribution in [3.05, 3.63) is 113 Å². The third-order valence-electron chi connectivity index (χ3n) is 5.65. The molecule has 0 bridgehead atoms. The fourth-order valence-corrected chi connectivity index (χ4v) is 3.87. The number of likely N-dealkylation sites (N-methyl/N-ethyl adjacent to an activating group) is 1. The van der Waals surface area contributed by atoms with Crippen molar-refractivity contribution in [3.8, 4) is 11.3 Å². The minimum Gasteiger partial charge on any atom is -0.387 e. The molecule has 178 valence electrons. The summed E-state index contributed by atoms with van der Waals surface area (Å²) < 4.78 is 0. The van der Waals surface area contributed by atoms with Gasteiger partial charge in [0.1, 0.15) is 0 Å². The second kappa shape index (κ2) is 11.6. The Hall–Kier alpha value is -3.74. The van der Waals surface area contributed by atoms with Crippen LogP contribution in [0.4, 0.5) is 5.95 Å². The van der Waals surface area contributed by atoms with Gasteiger partial charge in [-0.05, 0) is 29.7 Å². The molecule has 0 saturated heterocycles. The summed E-state index contributed by atoms with van der Waals surface area (Å²) in [4.78, 5) is 23.9. The van der Waals surface area contributed by atoms with Gasteiger partial charge in [-0.2, -0.15) is 0 Å². The zero-order valence-corrected chi connectivity index (χ0v) is 20.2. The molecular formula is C28H27ClN4O2. The van der Waals surface area contributed by atoms with Crippen molar-refractivity contribution in [3.63, 3.8) is 0 Å². The molecule has 1 amide bonds. The number of hydrogen-bond acceptors (Lipinski definition) is 5. The largest absolute Gasteiger partial charge is 0.387 e. The fourth-order valence-electron chi connectivity index (χ4n) is 3.74. The van der Waals surface area contributed by atoms with E-state index in [-0.39, 0.29) is 12.5 Å². The van der Waals surface area contributed by atoms with Gasteiger partial charge in [0.2, 0.25) is 5.95 Å². The zero-order chi connectivity index (χ0) is 24.6. The van der Waals surface area contributed by atoms with Crippen molar-refractivity contribution >= 4 is 23.5 Å². The number of amides is 1. The van der Waals surface area contributed by atoms with Crippen LogP contribution in [0, 0.1) is 0 Å². The Morgan fingerprint density at radius 1 is 1.00 bits per heavy atom. The minimum absolute atomic E-state index is 0.117. The van der Waals surface area contributed by atoms with Crippen molar-refractivity contribution in [1.82, 2.24) is 14.9 Å². The van der Waals surface area contributed by atoms with E-state index >= 15 is 0 Å². The summed E-state index contributed by atoms with van der Waals surface area (Å²) in [6, 6.07) is 26.7. The molecule has 1 atom stereocenters. The Labute approximate surface area is 210 Å². The summed E-state index contributed by atoms with van der Waals surface area (Å²) in [6.45, 7) is 0.782. The SMILES string of the molecule is CN(CC(O)c1ccc(Cl)cc1)C(=O)c1cnc(NCCc2ccccc2)nc1-c1ccccc1. The molecule has 2 N–H and O–H groups in total. The number of hydrogen-bond donors (Lipinski definition) is 2. The maximum absolute atomic E-state index is 13.4. The van der Waals surface area contributed by atoms with Gasteiger partial charge in [-0.25, -0.2) is 9.97 Å². The standard InChI is InChI=1S/C28H27ClN4O2/c1-33(19-25(34)21-12-14-23(29)15-13-21)27(35)24-18-31-28(30-17-16-20-8-4-2-5-9-20)32-26(24)22-10-6-3-7-11-22/h2-15,18,25,34H,16-17,19H2,1H3,(H,30,31,32). The van der Waals surface area contributed by atoms with Crippen LogP contribution in [0.1, 0.15) is 27.6 Å². The van der Waals surface area contributed by atoms with Gasteiger partial charge in [0.05, 0.1) is 23.9 Å². The average molecular weight is 487 g/mol. The van der Waals surface area contributed by atoms with E-state index in [1.165, 1.54) is 10.5 Å². The Balaban J connectivity index is 1.52. The van der Waals surface area contributed by atoms with E-state index in [4.69, 9.17) is 11.6 Å². The number of anilines is 1. The second-order valence-corrected chi connectivity index (χ2v) is 8.67. The van der Waals surface area contributed by atoms with Crippen LogP contribution in [0.5, 0.6) is 0 Å². The predicted octanol–water partition coefficient (Wildman–Crippen LogP) is 5.26. The number of aromatic nitrogens is 2. The topological polar surface area (TPSA) is 78.3 Å². The van der Waals surface area contributed by atoms with Crippen LogP contribution in [0.25, 0.3) is 11.3 Å². The summed E-state index contributed by atoms with van der Waals surface area (Å²) in [5.74, 6) is 0.188. The molecule has 7 heteroatoms. The van der Waals surface area contributed by atoms with Crippen LogP contribution in [0.3, 0.4) is 0 Å². The third kappa shape index (κ3) is 6.44. The first-order chi connectivity index (χ1) is 17.0. The van der Waals surface area contributed by atoms with E-state index in [0.717, 1.165) is 12.0 Å². The molecule has 0 saturated carbocycles. The lowest BCUT2D eigenvalue weighted by atomic mass is 10.1. The van der Waals surface area contributed by atoms with Gasteiger partial charge in [-0.3, -0.25) is 4.79 Å². The normalized spacial score (nSPS) is 11.6. The number of aliphatic hydroxyl groups excluding tert-OH is 1. The van der Waals surface area contributed by atoms with Crippen molar-refractivity contribution < 1.29 is 9.90 Å². The molecule has 0 fully saturated rings. The van der Waals surface area contributed by atoms with Gasteiger partial charge >= 0.3 is 0 Å². The lowest BCUT2D eigenvalue weighted by Crippen LogP contribution is -2.31. The molecule has 35 heavy (non-hydrogen) atoms. The van der Waals surface area contributed by atoms with Gasteiger partial charge in [0.25, 0.3) is 5.91 Å². The molecule has 1 heterocycles. The monoisotopic (exact) mass is 486 g/mol. The van der Waals surface area contributed by atoms with Gasteiger partial charge in [-0.1, -0.05) is 84.4 Å². The maximum Gasteiger partial charge on any atom is 0.257 e. The highest BCUT2D eigenvalue weighted by molar-refractivity contribution is 6.30. The van der Waals surface area contributed by atoms with E-state index in [9.17, 15) is 9.90 Å². The van der Waals surface area contributed by atoms with Gasteiger partial charge in [0.15, 0.2) is 0 Å². The van der Waals surface area contributed by atoms with Crippen LogP contribution in [0.15, 0.2) is 91.1 Å². The van der Waals surface area contributed by atoms with Crippen molar-refractivity contribution in [2.45, 2.75) is 12.5 Å². The quantitative estimate of drug-likeness (QED) is 0.337. The predicted molar refractivity (Wildman–Crippen MR) is 139 cm³/mol. The number of rotatable bonds is 9. The highest BCUT2D eigenvalue weighted by Crippen LogP contribution is 2.24. The lowest BCUT2D eigenvalue weighted by Gasteiger charge is -2.22. The summed E-state index contributed by atoms with van der Waals surface area (Å²) in [5.41, 5.74) is 3.63. The summed E-state index contributed by atoms with van der Waals surface area (Å²) in [5, 5.41) is 14.5. The smallest absolute Gasteiger partial charge is 0.257 e. The third-order valence-corrected chi connectivity index (χ3v) is 5.91. The highest BCUT2D eigenvalue weighted by Gasteiger charge is 2.22. The number of aliphatic hydroxyl groups is 1. The van der Waals surface area contributed by atoms with Crippen LogP contribution in [-0.2, 0) is 6.42 Å². The molecule has 6 nitrogen and oxygen atoms in total. The van der Waals surface area contributed by atoms with Crippen molar-refractivity contribution in [2.75, 3.05) is 25.5 Å². The van der Waals surface area contributed by atoms with E-state index in [1.54, 1.807) is 37.5 Å². The molecule has 4 rings (SSSR count). The molecule has 0 aliphatic rings. The maximum atomic E-state index is 13.4. The molecule has 1 unspecified atom stereocenters. The second-order valence-electron chi connectivity index (χ2n) is 8.24. The van der Waals surface area contributed by atoms with Gasteiger partial charge in [-0.15, -0.1) is 0 Å². The van der Waals surface area contributed by atoms with E-state index in [2.05, 4.69) is 27.4 Å². The molecule has 0 aliphatic carbocycles. The molecule has 3 aromatic carbocycles. The summed E-state index contributed by atoms with van der Waals surface area (Å²) in [7, 11) is 1.66. The van der Waals surface area contributed by atoms with Gasteiger partial charge in [0, 0.05) is 30.4 Å². The van der Waals surface area contributed by atoms with E-state index in [0.29, 0.717) is 34.3 Å². The zero-order valence-electron chi connectivity index (χ0n) is 19.4. The molecule has 1 aromatic heterocycles. The average Bonchev–Trinajstić information content (AvgIpc) is 2.89. The first-order valence-electron chi connectivity index (χ1n) is 11.4. The molecule has 0 aliphatic heterocycles. The molecule has 0 radical (unpaired) electrons. The van der Waals surface area contributed by atoms with Crippen molar-refractivity contribution in [2.24, 2.45) is 0 Å². The molecular weight excluding hydrogens is 460 g/mol. The summed E-state index contributed by atoms with van der Waals surface area (Å²) in [6.07, 6.45) is 1.53. The first-order valence-corrected chi connectivity index (χ1v) is 11.8. The minimum atomic E-state index is -0.846. The number of benzene rings is 3. The number of nitrogens with zero attached hydrogens (tertiary/aromatic N) is 3. The number of carbonyl (C=O) groups is 1. The van der Waals surface area contributed by atoms with Crippen LogP contribution < -0.4 is 5.32 Å². The van der Waals surface area contributed by atoms with Crippen LogP contribution in [0.2, 0.25) is 5.02 Å². The number of carbonyl (C=O) groups excluding carboxylic acids is 1. The van der Waals surface area contributed by atoms with Crippen LogP contribution >= 0.6 is 11.6 Å². The summed E-state index contributed by atoms with van der Waals surface area (Å²) >= 11 is 5.94. The lowest BCUT2D eigenvalue weighted by molar-refractivity contribution is 0.0681. The number of nitrogens with one attached hydrogen (secondary N) is 1. The van der Waals surface area contributed by atoms with Crippen molar-refractivity contribution in [1.29, 1.82) is 0 Å². The molecule has 0 spiro atoms. The Morgan fingerprint density at radius 2 is 1.66 bits per heavy atom. The number of halogens is 1. The first kappa shape index (κ1) is 24.4. The highest BCUT2D eigenvalue weighted by atomic mass is 35.5. The van der Waals surface area contributed by atoms with Gasteiger partial charge < -0.3 is 15.3 Å². The van der Waals surface area contributed by atoms with Crippen LogP contribution in [-0.4, -0.2) is 46.0 Å². The Bertz CT molecular complexity index is 1250. The Kier molecular flexibility index (Phi) is 8.08.